The standard InChI is InChI=1S/C25H23NO2/c1-16(2)21-6-4-5-17-7-12-20(15-22(17)21)24-14-13-23(26-24)18-8-10-19(11-9-18)25(27)28-3/h4-16,26H,1-3H3. The van der Waals surface area contributed by atoms with Crippen molar-refractivity contribution >= 4 is 16.7 Å². The Morgan fingerprint density at radius 2 is 1.54 bits per heavy atom. The molecule has 0 unspecified atom stereocenters. The molecule has 0 aliphatic heterocycles. The maximum Gasteiger partial charge on any atom is 0.337 e. The minimum atomic E-state index is -0.323. The van der Waals surface area contributed by atoms with Crippen LogP contribution in [0.4, 0.5) is 0 Å². The molecule has 0 amide bonds. The van der Waals surface area contributed by atoms with Crippen molar-refractivity contribution in [1.82, 2.24) is 4.98 Å². The van der Waals surface area contributed by atoms with E-state index in [0.717, 1.165) is 22.5 Å². The van der Waals surface area contributed by atoms with E-state index in [2.05, 4.69) is 67.4 Å². The third-order valence-corrected chi connectivity index (χ3v) is 5.15. The molecular weight excluding hydrogens is 346 g/mol. The molecule has 1 N–H and O–H groups in total. The fourth-order valence-corrected chi connectivity index (χ4v) is 3.60. The van der Waals surface area contributed by atoms with Crippen LogP contribution in [-0.4, -0.2) is 18.1 Å². The van der Waals surface area contributed by atoms with Crippen LogP contribution in [0, 0.1) is 0 Å². The molecule has 0 bridgehead atoms. The summed E-state index contributed by atoms with van der Waals surface area (Å²) in [5.74, 6) is 0.155. The average Bonchev–Trinajstić information content (AvgIpc) is 3.22. The Balaban J connectivity index is 1.69. The third kappa shape index (κ3) is 3.31. The van der Waals surface area contributed by atoms with Crippen molar-refractivity contribution in [3.8, 4) is 22.5 Å². The zero-order chi connectivity index (χ0) is 19.7. The zero-order valence-electron chi connectivity index (χ0n) is 16.3. The summed E-state index contributed by atoms with van der Waals surface area (Å²) in [6, 6.07) is 24.7. The lowest BCUT2D eigenvalue weighted by Gasteiger charge is -2.11. The molecule has 4 rings (SSSR count). The van der Waals surface area contributed by atoms with Gasteiger partial charge in [0.05, 0.1) is 12.7 Å². The minimum Gasteiger partial charge on any atom is -0.465 e. The molecular formula is C25H23NO2. The van der Waals surface area contributed by atoms with Gasteiger partial charge in [0.15, 0.2) is 0 Å². The summed E-state index contributed by atoms with van der Waals surface area (Å²) >= 11 is 0. The van der Waals surface area contributed by atoms with Gasteiger partial charge in [0.25, 0.3) is 0 Å². The SMILES string of the molecule is COC(=O)c1ccc(-c2ccc(-c3ccc4cccc(C(C)C)c4c3)[nH]2)cc1. The molecule has 0 saturated heterocycles. The molecule has 0 aliphatic rings. The van der Waals surface area contributed by atoms with Gasteiger partial charge in [-0.05, 0) is 63.7 Å². The molecule has 0 saturated carbocycles. The molecule has 140 valence electrons. The Bertz CT molecular complexity index is 1140. The van der Waals surface area contributed by atoms with Crippen LogP contribution in [0.2, 0.25) is 0 Å². The van der Waals surface area contributed by atoms with Crippen molar-refractivity contribution < 1.29 is 9.53 Å². The van der Waals surface area contributed by atoms with E-state index in [1.165, 1.54) is 23.4 Å². The quantitative estimate of drug-likeness (QED) is 0.422. The smallest absolute Gasteiger partial charge is 0.337 e. The number of hydrogen-bond donors (Lipinski definition) is 1. The highest BCUT2D eigenvalue weighted by molar-refractivity contribution is 5.91. The van der Waals surface area contributed by atoms with Crippen LogP contribution < -0.4 is 0 Å². The third-order valence-electron chi connectivity index (χ3n) is 5.15. The molecule has 28 heavy (non-hydrogen) atoms. The molecule has 4 aromatic rings. The number of aromatic nitrogens is 1. The van der Waals surface area contributed by atoms with Crippen LogP contribution in [0.3, 0.4) is 0 Å². The summed E-state index contributed by atoms with van der Waals surface area (Å²) in [4.78, 5) is 15.1. The Hall–Kier alpha value is -3.33. The molecule has 0 spiro atoms. The minimum absolute atomic E-state index is 0.323. The fraction of sp³-hybridized carbons (Fsp3) is 0.160. The molecule has 0 aliphatic carbocycles. The normalized spacial score (nSPS) is 11.1. The van der Waals surface area contributed by atoms with Crippen molar-refractivity contribution in [3.05, 3.63) is 83.9 Å². The Morgan fingerprint density at radius 1 is 0.857 bits per heavy atom. The highest BCUT2D eigenvalue weighted by Crippen LogP contribution is 2.31. The molecule has 0 atom stereocenters. The number of esters is 1. The van der Waals surface area contributed by atoms with E-state index < -0.39 is 0 Å². The van der Waals surface area contributed by atoms with Gasteiger partial charge in [-0.25, -0.2) is 4.79 Å². The second-order valence-electron chi connectivity index (χ2n) is 7.29. The predicted octanol–water partition coefficient (Wildman–Crippen LogP) is 6.41. The molecule has 3 aromatic carbocycles. The first kappa shape index (κ1) is 18.1. The molecule has 0 radical (unpaired) electrons. The topological polar surface area (TPSA) is 42.1 Å². The van der Waals surface area contributed by atoms with Crippen LogP contribution in [0.25, 0.3) is 33.3 Å². The first-order valence-corrected chi connectivity index (χ1v) is 9.47. The number of methoxy groups -OCH3 is 1. The van der Waals surface area contributed by atoms with E-state index in [1.54, 1.807) is 12.1 Å². The van der Waals surface area contributed by atoms with Crippen molar-refractivity contribution in [2.75, 3.05) is 7.11 Å². The van der Waals surface area contributed by atoms with Crippen LogP contribution in [0.1, 0.15) is 35.7 Å². The molecule has 0 fully saturated rings. The lowest BCUT2D eigenvalue weighted by molar-refractivity contribution is 0.0601. The second-order valence-corrected chi connectivity index (χ2v) is 7.29. The van der Waals surface area contributed by atoms with E-state index >= 15 is 0 Å². The van der Waals surface area contributed by atoms with Crippen LogP contribution in [-0.2, 0) is 4.74 Å². The number of carbonyl (C=O) groups is 1. The summed E-state index contributed by atoms with van der Waals surface area (Å²) in [6.07, 6.45) is 0. The number of H-pyrrole nitrogens is 1. The summed E-state index contributed by atoms with van der Waals surface area (Å²) in [7, 11) is 1.39. The number of fused-ring (bicyclic) bond motifs is 1. The van der Waals surface area contributed by atoms with Crippen molar-refractivity contribution in [2.45, 2.75) is 19.8 Å². The number of hydrogen-bond acceptors (Lipinski definition) is 2. The number of ether oxygens (including phenoxy) is 1. The first-order valence-electron chi connectivity index (χ1n) is 9.47. The lowest BCUT2D eigenvalue weighted by Crippen LogP contribution is -2.00. The van der Waals surface area contributed by atoms with E-state index in [-0.39, 0.29) is 5.97 Å². The van der Waals surface area contributed by atoms with Gasteiger partial charge >= 0.3 is 5.97 Å². The molecule has 1 aromatic heterocycles. The maximum atomic E-state index is 11.6. The summed E-state index contributed by atoms with van der Waals surface area (Å²) in [5.41, 5.74) is 6.20. The van der Waals surface area contributed by atoms with Gasteiger partial charge in [-0.15, -0.1) is 0 Å². The largest absolute Gasteiger partial charge is 0.465 e. The molecule has 3 nitrogen and oxygen atoms in total. The van der Waals surface area contributed by atoms with Gasteiger partial charge in [-0.1, -0.05) is 56.3 Å². The molecule has 1 heterocycles. The predicted molar refractivity (Wildman–Crippen MR) is 115 cm³/mol. The second kappa shape index (κ2) is 7.35. The highest BCUT2D eigenvalue weighted by atomic mass is 16.5. The summed E-state index contributed by atoms with van der Waals surface area (Å²) < 4.78 is 4.76. The number of carbonyl (C=O) groups excluding carboxylic acids is 1. The molecule has 3 heteroatoms. The summed E-state index contributed by atoms with van der Waals surface area (Å²) in [6.45, 7) is 4.46. The zero-order valence-corrected chi connectivity index (χ0v) is 16.3. The van der Waals surface area contributed by atoms with E-state index in [9.17, 15) is 4.79 Å². The number of rotatable bonds is 4. The summed E-state index contributed by atoms with van der Waals surface area (Å²) in [5, 5.41) is 2.56. The first-order chi connectivity index (χ1) is 13.6. The van der Waals surface area contributed by atoms with Crippen molar-refractivity contribution in [2.24, 2.45) is 0 Å². The Morgan fingerprint density at radius 3 is 2.21 bits per heavy atom. The van der Waals surface area contributed by atoms with Gasteiger partial charge in [-0.2, -0.15) is 0 Å². The van der Waals surface area contributed by atoms with Gasteiger partial charge < -0.3 is 9.72 Å². The van der Waals surface area contributed by atoms with E-state index in [1.807, 2.05) is 12.1 Å². The monoisotopic (exact) mass is 369 g/mol. The number of nitrogens with one attached hydrogen (secondary N) is 1. The van der Waals surface area contributed by atoms with Crippen molar-refractivity contribution in [1.29, 1.82) is 0 Å². The Labute approximate surface area is 165 Å². The van der Waals surface area contributed by atoms with Crippen LogP contribution >= 0.6 is 0 Å². The van der Waals surface area contributed by atoms with Gasteiger partial charge in [0.1, 0.15) is 0 Å². The number of benzene rings is 3. The van der Waals surface area contributed by atoms with Gasteiger partial charge in [0, 0.05) is 11.4 Å². The van der Waals surface area contributed by atoms with E-state index in [4.69, 9.17) is 4.74 Å². The fourth-order valence-electron chi connectivity index (χ4n) is 3.60. The average molecular weight is 369 g/mol. The lowest BCUT2D eigenvalue weighted by atomic mass is 9.94. The van der Waals surface area contributed by atoms with Gasteiger partial charge in [-0.3, -0.25) is 0 Å². The van der Waals surface area contributed by atoms with Crippen LogP contribution in [0.5, 0.6) is 0 Å². The number of aromatic amines is 1. The van der Waals surface area contributed by atoms with Gasteiger partial charge in [0.2, 0.25) is 0 Å². The Kier molecular flexibility index (Phi) is 4.74. The van der Waals surface area contributed by atoms with Crippen LogP contribution in [0.15, 0.2) is 72.8 Å². The van der Waals surface area contributed by atoms with Crippen molar-refractivity contribution in [3.63, 3.8) is 0 Å². The highest BCUT2D eigenvalue weighted by Gasteiger charge is 2.10. The van der Waals surface area contributed by atoms with E-state index in [0.29, 0.717) is 11.5 Å². The maximum absolute atomic E-state index is 11.6.